The van der Waals surface area contributed by atoms with Gasteiger partial charge in [0.1, 0.15) is 0 Å². The Morgan fingerprint density at radius 3 is 2.71 bits per heavy atom. The van der Waals surface area contributed by atoms with Gasteiger partial charge < -0.3 is 5.32 Å². The van der Waals surface area contributed by atoms with Gasteiger partial charge in [-0.05, 0) is 65.5 Å². The van der Waals surface area contributed by atoms with Gasteiger partial charge in [0.2, 0.25) is 5.91 Å². The van der Waals surface area contributed by atoms with E-state index in [1.807, 2.05) is 18.2 Å². The van der Waals surface area contributed by atoms with Crippen molar-refractivity contribution in [3.8, 4) is 0 Å². The van der Waals surface area contributed by atoms with Crippen molar-refractivity contribution in [3.05, 3.63) is 26.8 Å². The Bertz CT molecular complexity index is 466. The lowest BCUT2D eigenvalue weighted by Gasteiger charge is -2.08. The monoisotopic (exact) mass is 361 g/mol. The first kappa shape index (κ1) is 11.8. The van der Waals surface area contributed by atoms with Gasteiger partial charge in [-0.2, -0.15) is 0 Å². The number of anilines is 1. The van der Waals surface area contributed by atoms with E-state index in [1.54, 1.807) is 0 Å². The number of rotatable bonds is 2. The molecule has 2 unspecified atom stereocenters. The summed E-state index contributed by atoms with van der Waals surface area (Å²) in [6.07, 6.45) is 3.75. The molecule has 1 N–H and O–H groups in total. The van der Waals surface area contributed by atoms with Crippen LogP contribution >= 0.6 is 34.2 Å². The van der Waals surface area contributed by atoms with Crippen LogP contribution in [0, 0.1) is 21.3 Å². The van der Waals surface area contributed by atoms with Gasteiger partial charge in [0.15, 0.2) is 0 Å². The van der Waals surface area contributed by atoms with Crippen LogP contribution in [0.3, 0.4) is 0 Å². The van der Waals surface area contributed by atoms with Crippen molar-refractivity contribution in [1.82, 2.24) is 0 Å². The molecular formula is C13H13ClINO. The highest BCUT2D eigenvalue weighted by molar-refractivity contribution is 14.1. The fourth-order valence-electron chi connectivity index (χ4n) is 3.02. The van der Waals surface area contributed by atoms with Crippen LogP contribution in [-0.4, -0.2) is 5.91 Å². The molecule has 3 rings (SSSR count). The third kappa shape index (κ3) is 2.19. The molecule has 17 heavy (non-hydrogen) atoms. The summed E-state index contributed by atoms with van der Waals surface area (Å²) in [5, 5.41) is 3.58. The molecule has 0 saturated heterocycles. The van der Waals surface area contributed by atoms with E-state index in [1.165, 1.54) is 19.3 Å². The summed E-state index contributed by atoms with van der Waals surface area (Å²) in [5.74, 6) is 1.71. The number of benzene rings is 1. The molecule has 0 radical (unpaired) electrons. The van der Waals surface area contributed by atoms with E-state index < -0.39 is 0 Å². The Hall–Kier alpha value is -0.290. The van der Waals surface area contributed by atoms with Crippen molar-refractivity contribution in [2.24, 2.45) is 17.8 Å². The van der Waals surface area contributed by atoms with E-state index in [0.29, 0.717) is 16.9 Å². The fraction of sp³-hybridized carbons (Fsp3) is 0.462. The topological polar surface area (TPSA) is 29.1 Å². The Morgan fingerprint density at radius 2 is 2.06 bits per heavy atom. The van der Waals surface area contributed by atoms with E-state index in [4.69, 9.17) is 11.6 Å². The summed E-state index contributed by atoms with van der Waals surface area (Å²) in [6.45, 7) is 0. The number of hydrogen-bond acceptors (Lipinski definition) is 1. The second kappa shape index (κ2) is 4.43. The first-order valence-corrected chi connectivity index (χ1v) is 7.38. The highest BCUT2D eigenvalue weighted by Crippen LogP contribution is 2.57. The normalized spacial score (nSPS) is 29.9. The Morgan fingerprint density at radius 1 is 1.35 bits per heavy atom. The summed E-state index contributed by atoms with van der Waals surface area (Å²) in [7, 11) is 0. The zero-order valence-corrected chi connectivity index (χ0v) is 12.2. The van der Waals surface area contributed by atoms with Crippen LogP contribution in [-0.2, 0) is 4.79 Å². The summed E-state index contributed by atoms with van der Waals surface area (Å²) < 4.78 is 1.08. The lowest BCUT2D eigenvalue weighted by Crippen LogP contribution is -2.16. The van der Waals surface area contributed by atoms with Gasteiger partial charge >= 0.3 is 0 Å². The highest BCUT2D eigenvalue weighted by atomic mass is 127. The van der Waals surface area contributed by atoms with Gasteiger partial charge in [-0.1, -0.05) is 18.0 Å². The van der Waals surface area contributed by atoms with Crippen LogP contribution in [0.25, 0.3) is 0 Å². The molecule has 2 nitrogen and oxygen atoms in total. The number of halogens is 2. The maximum Gasteiger partial charge on any atom is 0.228 e. The summed E-state index contributed by atoms with van der Waals surface area (Å²) in [6, 6.07) is 5.70. The number of fused-ring (bicyclic) bond motifs is 1. The first-order chi connectivity index (χ1) is 8.16. The maximum absolute atomic E-state index is 12.1. The van der Waals surface area contributed by atoms with Crippen molar-refractivity contribution >= 4 is 45.8 Å². The summed E-state index contributed by atoms with van der Waals surface area (Å²) >= 11 is 8.31. The molecule has 1 aromatic rings. The second-order valence-corrected chi connectivity index (χ2v) is 6.55. The minimum Gasteiger partial charge on any atom is -0.325 e. The number of carbonyl (C=O) groups is 1. The van der Waals surface area contributed by atoms with E-state index in [-0.39, 0.29) is 11.8 Å². The molecule has 4 heteroatoms. The van der Waals surface area contributed by atoms with Crippen molar-refractivity contribution in [2.45, 2.75) is 19.3 Å². The lowest BCUT2D eigenvalue weighted by atomic mass is 10.1. The van der Waals surface area contributed by atoms with Crippen molar-refractivity contribution < 1.29 is 4.79 Å². The van der Waals surface area contributed by atoms with E-state index in [0.717, 1.165) is 9.26 Å². The van der Waals surface area contributed by atoms with E-state index >= 15 is 0 Å². The van der Waals surface area contributed by atoms with Crippen molar-refractivity contribution in [1.29, 1.82) is 0 Å². The van der Waals surface area contributed by atoms with Crippen molar-refractivity contribution in [2.75, 3.05) is 5.32 Å². The molecule has 0 aliphatic heterocycles. The SMILES string of the molecule is O=C(Nc1ccc(I)cc1Cl)C1C2CCCC21. The molecule has 1 aromatic carbocycles. The van der Waals surface area contributed by atoms with Crippen LogP contribution in [0.5, 0.6) is 0 Å². The molecule has 2 fully saturated rings. The molecule has 2 atom stereocenters. The van der Waals surface area contributed by atoms with Gasteiger partial charge in [-0.25, -0.2) is 0 Å². The van der Waals surface area contributed by atoms with Crippen LogP contribution in [0.2, 0.25) is 5.02 Å². The molecule has 0 heterocycles. The zero-order valence-electron chi connectivity index (χ0n) is 9.25. The van der Waals surface area contributed by atoms with E-state index in [2.05, 4.69) is 27.9 Å². The average molecular weight is 362 g/mol. The second-order valence-electron chi connectivity index (χ2n) is 4.90. The average Bonchev–Trinajstić information content (AvgIpc) is 2.77. The molecule has 90 valence electrons. The third-order valence-electron chi connectivity index (χ3n) is 3.90. The van der Waals surface area contributed by atoms with Gasteiger partial charge in [0.25, 0.3) is 0 Å². The standard InChI is InChI=1S/C13H13ClINO/c14-10-6-7(15)4-5-11(10)16-13(17)12-8-2-1-3-9(8)12/h4-6,8-9,12H,1-3H2,(H,16,17). The lowest BCUT2D eigenvalue weighted by molar-refractivity contribution is -0.118. The van der Waals surface area contributed by atoms with Crippen LogP contribution < -0.4 is 5.32 Å². The van der Waals surface area contributed by atoms with E-state index in [9.17, 15) is 4.79 Å². The Balaban J connectivity index is 1.69. The van der Waals surface area contributed by atoms with Crippen molar-refractivity contribution in [3.63, 3.8) is 0 Å². The van der Waals surface area contributed by atoms with Gasteiger partial charge in [0, 0.05) is 9.49 Å². The van der Waals surface area contributed by atoms with Crippen LogP contribution in [0.15, 0.2) is 18.2 Å². The largest absolute Gasteiger partial charge is 0.325 e. The predicted octanol–water partition coefficient (Wildman–Crippen LogP) is 3.93. The van der Waals surface area contributed by atoms with Crippen LogP contribution in [0.1, 0.15) is 19.3 Å². The Kier molecular flexibility index (Phi) is 3.07. The van der Waals surface area contributed by atoms with Crippen LogP contribution in [0.4, 0.5) is 5.69 Å². The smallest absolute Gasteiger partial charge is 0.228 e. The Labute approximate surface area is 119 Å². The summed E-state index contributed by atoms with van der Waals surface area (Å²) in [5.41, 5.74) is 0.738. The van der Waals surface area contributed by atoms with Gasteiger partial charge in [-0.15, -0.1) is 0 Å². The first-order valence-electron chi connectivity index (χ1n) is 5.93. The number of hydrogen-bond donors (Lipinski definition) is 1. The number of amides is 1. The summed E-state index contributed by atoms with van der Waals surface area (Å²) in [4.78, 5) is 12.1. The van der Waals surface area contributed by atoms with Gasteiger partial charge in [0.05, 0.1) is 10.7 Å². The predicted molar refractivity (Wildman–Crippen MR) is 77.1 cm³/mol. The molecular weight excluding hydrogens is 349 g/mol. The molecule has 0 spiro atoms. The zero-order chi connectivity index (χ0) is 12.0. The van der Waals surface area contributed by atoms with Gasteiger partial charge in [-0.3, -0.25) is 4.79 Å². The third-order valence-corrected chi connectivity index (χ3v) is 4.88. The number of nitrogens with one attached hydrogen (secondary N) is 1. The maximum atomic E-state index is 12.1. The molecule has 0 bridgehead atoms. The molecule has 2 aliphatic rings. The fourth-order valence-corrected chi connectivity index (χ4v) is 3.92. The molecule has 1 amide bonds. The highest BCUT2D eigenvalue weighted by Gasteiger charge is 2.56. The quantitative estimate of drug-likeness (QED) is 0.795. The molecule has 2 aliphatic carbocycles. The number of carbonyl (C=O) groups excluding carboxylic acids is 1. The molecule has 2 saturated carbocycles. The minimum absolute atomic E-state index is 0.155. The minimum atomic E-state index is 0.155. The molecule has 0 aromatic heterocycles.